The topological polar surface area (TPSA) is 132 Å². The predicted octanol–water partition coefficient (Wildman–Crippen LogP) is 4.79. The molecule has 9 nitrogen and oxygen atoms in total. The van der Waals surface area contributed by atoms with Crippen molar-refractivity contribution >= 4 is 27.7 Å². The molecule has 0 aliphatic heterocycles. The van der Waals surface area contributed by atoms with Crippen molar-refractivity contribution in [2.75, 3.05) is 11.8 Å². The molecule has 3 aromatic rings. The van der Waals surface area contributed by atoms with Crippen LogP contribution >= 0.6 is 0 Å². The van der Waals surface area contributed by atoms with E-state index in [0.29, 0.717) is 28.8 Å². The molecule has 0 spiro atoms. The third-order valence-corrected chi connectivity index (χ3v) is 8.42. The third-order valence-electron chi connectivity index (χ3n) is 7.03. The average molecular weight is 556 g/mol. The number of quaternary nitrogens is 1. The lowest BCUT2D eigenvalue weighted by Crippen LogP contribution is -2.62. The molecule has 2 aromatic carbocycles. The maximum Gasteiger partial charge on any atom is 0.314 e. The molecule has 0 saturated heterocycles. The van der Waals surface area contributed by atoms with Crippen LogP contribution in [-0.4, -0.2) is 43.0 Å². The van der Waals surface area contributed by atoms with Gasteiger partial charge in [0.15, 0.2) is 6.04 Å². The maximum absolute atomic E-state index is 13.4. The van der Waals surface area contributed by atoms with E-state index in [1.807, 2.05) is 52.0 Å². The molecule has 0 radical (unpaired) electrons. The SMILES string of the molecule is Cc1noc(NS(=O)(=O)c2ccccc2-c2ccc(C[N+](C)(C(=O)CC(C)C)[C@H](C(N)=O)C(C)C)cc2)c1C. The van der Waals surface area contributed by atoms with Gasteiger partial charge in [0.05, 0.1) is 24.1 Å². The van der Waals surface area contributed by atoms with E-state index in [4.69, 9.17) is 10.3 Å². The van der Waals surface area contributed by atoms with E-state index in [-0.39, 0.29) is 39.6 Å². The fourth-order valence-electron chi connectivity index (χ4n) is 4.96. The van der Waals surface area contributed by atoms with E-state index in [1.54, 1.807) is 39.1 Å². The van der Waals surface area contributed by atoms with Crippen LogP contribution in [0.5, 0.6) is 0 Å². The lowest BCUT2D eigenvalue weighted by atomic mass is 9.95. The van der Waals surface area contributed by atoms with E-state index in [2.05, 4.69) is 9.88 Å². The molecule has 0 fully saturated rings. The van der Waals surface area contributed by atoms with Gasteiger partial charge in [0.2, 0.25) is 5.88 Å². The summed E-state index contributed by atoms with van der Waals surface area (Å²) in [5.74, 6) is -0.481. The van der Waals surface area contributed by atoms with Crippen LogP contribution in [0.1, 0.15) is 50.9 Å². The van der Waals surface area contributed by atoms with Gasteiger partial charge in [-0.3, -0.25) is 4.79 Å². The minimum atomic E-state index is -3.98. The van der Waals surface area contributed by atoms with E-state index < -0.39 is 22.0 Å². The second-order valence-electron chi connectivity index (χ2n) is 11.0. The minimum absolute atomic E-state index is 0.0490. The summed E-state index contributed by atoms with van der Waals surface area (Å²) in [7, 11) is -2.20. The summed E-state index contributed by atoms with van der Waals surface area (Å²) >= 11 is 0. The van der Waals surface area contributed by atoms with Crippen LogP contribution in [0.15, 0.2) is 57.9 Å². The number of amides is 2. The number of hydrogen-bond acceptors (Lipinski definition) is 6. The van der Waals surface area contributed by atoms with Crippen LogP contribution in [0.25, 0.3) is 11.1 Å². The molecule has 1 aromatic heterocycles. The molecule has 1 unspecified atom stereocenters. The second-order valence-corrected chi connectivity index (χ2v) is 12.7. The van der Waals surface area contributed by atoms with Gasteiger partial charge >= 0.3 is 5.91 Å². The van der Waals surface area contributed by atoms with Crippen molar-refractivity contribution in [1.29, 1.82) is 0 Å². The number of rotatable bonds is 11. The molecule has 10 heteroatoms. The Labute approximate surface area is 231 Å². The smallest absolute Gasteiger partial charge is 0.314 e. The Morgan fingerprint density at radius 3 is 2.15 bits per heavy atom. The minimum Gasteiger partial charge on any atom is -0.364 e. The van der Waals surface area contributed by atoms with E-state index in [0.717, 1.165) is 5.56 Å². The normalized spacial score (nSPS) is 14.3. The maximum atomic E-state index is 13.4. The quantitative estimate of drug-likeness (QED) is 0.327. The first-order chi connectivity index (χ1) is 18.2. The number of benzene rings is 2. The van der Waals surface area contributed by atoms with Crippen molar-refractivity contribution in [3.8, 4) is 11.1 Å². The highest BCUT2D eigenvalue weighted by atomic mass is 32.2. The molecular formula is C29H39N4O5S+. The molecule has 0 saturated carbocycles. The fraction of sp³-hybridized carbons (Fsp3) is 0.414. The molecule has 0 aliphatic carbocycles. The fourth-order valence-corrected chi connectivity index (χ4v) is 6.24. The van der Waals surface area contributed by atoms with Crippen LogP contribution < -0.4 is 10.5 Å². The average Bonchev–Trinajstić information content (AvgIpc) is 3.15. The summed E-state index contributed by atoms with van der Waals surface area (Å²) in [5.41, 5.74) is 9.03. The predicted molar refractivity (Wildman–Crippen MR) is 151 cm³/mol. The molecule has 0 aliphatic rings. The van der Waals surface area contributed by atoms with Crippen molar-refractivity contribution in [2.45, 2.75) is 65.4 Å². The van der Waals surface area contributed by atoms with Crippen molar-refractivity contribution in [1.82, 2.24) is 5.16 Å². The Morgan fingerprint density at radius 1 is 1.03 bits per heavy atom. The largest absolute Gasteiger partial charge is 0.364 e. The Bertz CT molecular complexity index is 1440. The first kappa shape index (κ1) is 30.0. The summed E-state index contributed by atoms with van der Waals surface area (Å²) in [6.07, 6.45) is 0.327. The first-order valence-electron chi connectivity index (χ1n) is 13.0. The number of anilines is 1. The molecular weight excluding hydrogens is 516 g/mol. The number of primary amides is 1. The Balaban J connectivity index is 1.97. The molecule has 0 bridgehead atoms. The van der Waals surface area contributed by atoms with Crippen LogP contribution in [0.4, 0.5) is 5.88 Å². The highest BCUT2D eigenvalue weighted by molar-refractivity contribution is 7.92. The zero-order valence-electron chi connectivity index (χ0n) is 23.7. The van der Waals surface area contributed by atoms with Crippen molar-refractivity contribution in [2.24, 2.45) is 17.6 Å². The number of carbonyl (C=O) groups excluding carboxylic acids is 2. The van der Waals surface area contributed by atoms with E-state index in [9.17, 15) is 18.0 Å². The second kappa shape index (κ2) is 11.7. The van der Waals surface area contributed by atoms with Gasteiger partial charge in [0.25, 0.3) is 15.9 Å². The molecule has 39 heavy (non-hydrogen) atoms. The van der Waals surface area contributed by atoms with Gasteiger partial charge in [-0.2, -0.15) is 0 Å². The number of hydrogen-bond donors (Lipinski definition) is 2. The van der Waals surface area contributed by atoms with E-state index >= 15 is 0 Å². The van der Waals surface area contributed by atoms with Crippen LogP contribution in [0, 0.1) is 25.7 Å². The number of aromatic nitrogens is 1. The number of nitrogens with one attached hydrogen (secondary N) is 1. The van der Waals surface area contributed by atoms with Crippen LogP contribution in [-0.2, 0) is 26.2 Å². The monoisotopic (exact) mass is 555 g/mol. The zero-order valence-corrected chi connectivity index (χ0v) is 24.5. The standard InChI is InChI=1S/C29H38N4O5S/c1-18(2)16-26(34)33(7,27(19(3)4)28(30)35)17-22-12-14-23(15-13-22)24-10-8-9-11-25(24)39(36,37)32-29-20(5)21(6)31-38-29/h8-15,18-19,27H,16-17H2,1-7H3,(H2-,30,31,32,35)/p+1/t27-,33?/m0/s1. The lowest BCUT2D eigenvalue weighted by Gasteiger charge is -2.40. The van der Waals surface area contributed by atoms with Gasteiger partial charge in [0, 0.05) is 22.6 Å². The number of nitrogens with two attached hydrogens (primary N) is 1. The Kier molecular flexibility index (Phi) is 9.02. The first-order valence-corrected chi connectivity index (χ1v) is 14.5. The number of aryl methyl sites for hydroxylation is 1. The van der Waals surface area contributed by atoms with Gasteiger partial charge in [-0.25, -0.2) is 22.4 Å². The molecule has 3 rings (SSSR count). The number of nitrogens with zero attached hydrogens (tertiary/aromatic N) is 2. The number of likely N-dealkylation sites (N-methyl/N-ethyl adjacent to an activating group) is 1. The summed E-state index contributed by atoms with van der Waals surface area (Å²) in [6.45, 7) is 11.5. The van der Waals surface area contributed by atoms with E-state index in [1.165, 1.54) is 6.07 Å². The van der Waals surface area contributed by atoms with Gasteiger partial charge in [-0.05, 0) is 31.4 Å². The molecule has 210 valence electrons. The Morgan fingerprint density at radius 2 is 1.64 bits per heavy atom. The van der Waals surface area contributed by atoms with Crippen molar-refractivity contribution < 1.29 is 27.0 Å². The van der Waals surface area contributed by atoms with Gasteiger partial charge in [-0.15, -0.1) is 0 Å². The van der Waals surface area contributed by atoms with Crippen molar-refractivity contribution in [3.63, 3.8) is 0 Å². The van der Waals surface area contributed by atoms with Crippen LogP contribution in [0.2, 0.25) is 0 Å². The summed E-state index contributed by atoms with van der Waals surface area (Å²) in [5, 5.41) is 3.82. The number of carbonyl (C=O) groups is 2. The summed E-state index contributed by atoms with van der Waals surface area (Å²) in [4.78, 5) is 26.0. The lowest BCUT2D eigenvalue weighted by molar-refractivity contribution is -0.868. The third kappa shape index (κ3) is 6.57. The highest BCUT2D eigenvalue weighted by Crippen LogP contribution is 2.31. The highest BCUT2D eigenvalue weighted by Gasteiger charge is 2.45. The van der Waals surface area contributed by atoms with Gasteiger partial charge in [-0.1, -0.05) is 75.3 Å². The molecule has 1 heterocycles. The molecule has 2 amide bonds. The number of sulfonamides is 1. The zero-order chi connectivity index (χ0) is 29.1. The van der Waals surface area contributed by atoms with Crippen molar-refractivity contribution in [3.05, 3.63) is 65.4 Å². The van der Waals surface area contributed by atoms with Gasteiger partial charge in [0.1, 0.15) is 6.54 Å². The van der Waals surface area contributed by atoms with Crippen LogP contribution in [0.3, 0.4) is 0 Å². The molecule has 2 atom stereocenters. The molecule has 3 N–H and O–H groups in total. The Hall–Kier alpha value is -3.50. The summed E-state index contributed by atoms with van der Waals surface area (Å²) in [6, 6.07) is 13.4. The van der Waals surface area contributed by atoms with Gasteiger partial charge < -0.3 is 10.3 Å². The summed E-state index contributed by atoms with van der Waals surface area (Å²) < 4.78 is 34.1.